The van der Waals surface area contributed by atoms with Gasteiger partial charge in [-0.25, -0.2) is 4.79 Å². The number of benzene rings is 2. The third-order valence-electron chi connectivity index (χ3n) is 4.74. The molecule has 0 unspecified atom stereocenters. The summed E-state index contributed by atoms with van der Waals surface area (Å²) in [6.07, 6.45) is -0.321. The van der Waals surface area contributed by atoms with E-state index in [-0.39, 0.29) is 24.4 Å². The van der Waals surface area contributed by atoms with E-state index in [1.165, 1.54) is 22.3 Å². The van der Waals surface area contributed by atoms with Gasteiger partial charge in [-0.05, 0) is 22.3 Å². The summed E-state index contributed by atoms with van der Waals surface area (Å²) in [6, 6.07) is 16.7. The van der Waals surface area contributed by atoms with Gasteiger partial charge in [-0.3, -0.25) is 0 Å². The van der Waals surface area contributed by atoms with Gasteiger partial charge in [-0.2, -0.15) is 0 Å². The monoisotopic (exact) mass is 344 g/mol. The lowest BCUT2D eigenvalue weighted by Crippen LogP contribution is -2.48. The number of hydrogen-bond donors (Lipinski definition) is 2. The average Bonchev–Trinajstić information content (AvgIpc) is 2.86. The number of rotatable bonds is 4. The third-order valence-corrected chi connectivity index (χ3v) is 4.74. The lowest BCUT2D eigenvalue weighted by atomic mass is 9.98. The quantitative estimate of drug-likeness (QED) is 0.895. The highest BCUT2D eigenvalue weighted by Gasteiger charge is 2.29. The molecule has 2 N–H and O–H groups in total. The first-order chi connectivity index (χ1) is 11.3. The number of nitrogens with one attached hydrogen (secondary N) is 2. The fourth-order valence-corrected chi connectivity index (χ4v) is 3.37. The van der Waals surface area contributed by atoms with E-state index in [1.54, 1.807) is 0 Å². The number of alkyl carbamates (subject to hydrolysis) is 1. The standard InChI is InChI=1S/C19H20N2O2.ClH/c22-19(21-11-13-9-20-10-13)23-12-18-16-7-3-1-5-14(16)15-6-2-4-8-17(15)18;/h1-8,13,18,20H,9-12H2,(H,21,22);1H. The maximum absolute atomic E-state index is 11.9. The van der Waals surface area contributed by atoms with Crippen LogP contribution in [0.2, 0.25) is 0 Å². The Morgan fingerprint density at radius 2 is 1.62 bits per heavy atom. The summed E-state index contributed by atoms with van der Waals surface area (Å²) >= 11 is 0. The van der Waals surface area contributed by atoms with E-state index in [1.807, 2.05) is 12.1 Å². The number of halogens is 1. The fraction of sp³-hybridized carbons (Fsp3) is 0.316. The van der Waals surface area contributed by atoms with Crippen LogP contribution in [0.15, 0.2) is 48.5 Å². The van der Waals surface area contributed by atoms with Gasteiger partial charge in [0, 0.05) is 31.5 Å². The molecular weight excluding hydrogens is 324 g/mol. The number of carbonyl (C=O) groups excluding carboxylic acids is 1. The molecule has 126 valence electrons. The highest BCUT2D eigenvalue weighted by atomic mass is 35.5. The Balaban J connectivity index is 0.00000169. The van der Waals surface area contributed by atoms with Crippen LogP contribution in [0.1, 0.15) is 17.0 Å². The SMILES string of the molecule is Cl.O=C(NCC1CNC1)OCC1c2ccccc2-c2ccccc21. The average molecular weight is 345 g/mol. The lowest BCUT2D eigenvalue weighted by Gasteiger charge is -2.27. The van der Waals surface area contributed by atoms with Gasteiger partial charge in [0.15, 0.2) is 0 Å². The maximum atomic E-state index is 11.9. The molecule has 0 atom stereocenters. The van der Waals surface area contributed by atoms with Crippen molar-refractivity contribution in [3.63, 3.8) is 0 Å². The second-order valence-corrected chi connectivity index (χ2v) is 6.23. The molecule has 1 amide bonds. The Morgan fingerprint density at radius 1 is 1.04 bits per heavy atom. The first kappa shape index (κ1) is 16.8. The summed E-state index contributed by atoms with van der Waals surface area (Å²) in [4.78, 5) is 11.9. The van der Waals surface area contributed by atoms with Crippen LogP contribution in [0.25, 0.3) is 11.1 Å². The summed E-state index contributed by atoms with van der Waals surface area (Å²) in [7, 11) is 0. The zero-order valence-electron chi connectivity index (χ0n) is 13.3. The Labute approximate surface area is 148 Å². The fourth-order valence-electron chi connectivity index (χ4n) is 3.37. The number of fused-ring (bicyclic) bond motifs is 3. The lowest BCUT2D eigenvalue weighted by molar-refractivity contribution is 0.139. The molecule has 0 bridgehead atoms. The Bertz CT molecular complexity index is 685. The van der Waals surface area contributed by atoms with E-state index in [0.29, 0.717) is 19.1 Å². The molecule has 0 spiro atoms. The van der Waals surface area contributed by atoms with Crippen molar-refractivity contribution in [3.05, 3.63) is 59.7 Å². The molecule has 2 aromatic carbocycles. The topological polar surface area (TPSA) is 50.4 Å². The summed E-state index contributed by atoms with van der Waals surface area (Å²) in [5.41, 5.74) is 4.98. The van der Waals surface area contributed by atoms with Gasteiger partial charge in [0.25, 0.3) is 0 Å². The van der Waals surface area contributed by atoms with Crippen LogP contribution in [-0.2, 0) is 4.74 Å². The minimum absolute atomic E-state index is 0. The van der Waals surface area contributed by atoms with Crippen molar-refractivity contribution < 1.29 is 9.53 Å². The molecular formula is C19H21ClN2O2. The predicted molar refractivity (Wildman–Crippen MR) is 96.7 cm³/mol. The van der Waals surface area contributed by atoms with Gasteiger partial charge >= 0.3 is 6.09 Å². The van der Waals surface area contributed by atoms with Crippen LogP contribution < -0.4 is 10.6 Å². The second kappa shape index (κ2) is 7.24. The molecule has 0 radical (unpaired) electrons. The van der Waals surface area contributed by atoms with Gasteiger partial charge < -0.3 is 15.4 Å². The molecule has 24 heavy (non-hydrogen) atoms. The van der Waals surface area contributed by atoms with Crippen molar-refractivity contribution in [2.45, 2.75) is 5.92 Å². The van der Waals surface area contributed by atoms with Gasteiger partial charge in [0.1, 0.15) is 6.61 Å². The maximum Gasteiger partial charge on any atom is 0.407 e. The van der Waals surface area contributed by atoms with Crippen LogP contribution in [-0.4, -0.2) is 32.3 Å². The van der Waals surface area contributed by atoms with Crippen LogP contribution >= 0.6 is 12.4 Å². The summed E-state index contributed by atoms with van der Waals surface area (Å²) in [6.45, 7) is 3.01. The summed E-state index contributed by atoms with van der Waals surface area (Å²) in [5.74, 6) is 0.661. The second-order valence-electron chi connectivity index (χ2n) is 6.23. The van der Waals surface area contributed by atoms with Crippen molar-refractivity contribution in [2.75, 3.05) is 26.2 Å². The largest absolute Gasteiger partial charge is 0.449 e. The minimum Gasteiger partial charge on any atom is -0.449 e. The Hall–Kier alpha value is -2.04. The molecule has 1 saturated heterocycles. The van der Waals surface area contributed by atoms with Gasteiger partial charge in [-0.1, -0.05) is 48.5 Å². The molecule has 1 heterocycles. The molecule has 1 fully saturated rings. The third kappa shape index (κ3) is 3.12. The summed E-state index contributed by atoms with van der Waals surface area (Å²) < 4.78 is 5.49. The van der Waals surface area contributed by atoms with E-state index in [9.17, 15) is 4.79 Å². The summed E-state index contributed by atoms with van der Waals surface area (Å²) in [5, 5.41) is 6.05. The predicted octanol–water partition coefficient (Wildman–Crippen LogP) is 3.17. The minimum atomic E-state index is -0.321. The van der Waals surface area contributed by atoms with E-state index >= 15 is 0 Å². The molecule has 1 aliphatic carbocycles. The van der Waals surface area contributed by atoms with Crippen LogP contribution in [0.3, 0.4) is 0 Å². The molecule has 0 aromatic heterocycles. The van der Waals surface area contributed by atoms with E-state index < -0.39 is 0 Å². The van der Waals surface area contributed by atoms with Gasteiger partial charge in [0.05, 0.1) is 0 Å². The zero-order valence-corrected chi connectivity index (χ0v) is 14.1. The van der Waals surface area contributed by atoms with E-state index in [4.69, 9.17) is 4.74 Å². The molecule has 4 rings (SSSR count). The molecule has 4 nitrogen and oxygen atoms in total. The number of carbonyl (C=O) groups is 1. The molecule has 2 aliphatic rings. The van der Waals surface area contributed by atoms with Gasteiger partial charge in [0.2, 0.25) is 0 Å². The Morgan fingerprint density at radius 3 is 2.17 bits per heavy atom. The van der Waals surface area contributed by atoms with E-state index in [0.717, 1.165) is 13.1 Å². The first-order valence-electron chi connectivity index (χ1n) is 8.12. The van der Waals surface area contributed by atoms with Crippen LogP contribution in [0, 0.1) is 5.92 Å². The Kier molecular flexibility index (Phi) is 5.07. The highest BCUT2D eigenvalue weighted by molar-refractivity contribution is 5.85. The first-order valence-corrected chi connectivity index (χ1v) is 8.12. The van der Waals surface area contributed by atoms with Crippen molar-refractivity contribution >= 4 is 18.5 Å². The smallest absolute Gasteiger partial charge is 0.407 e. The zero-order chi connectivity index (χ0) is 15.6. The molecule has 0 saturated carbocycles. The number of ether oxygens (including phenoxy) is 1. The molecule has 1 aliphatic heterocycles. The normalized spacial score (nSPS) is 15.7. The number of hydrogen-bond acceptors (Lipinski definition) is 3. The van der Waals surface area contributed by atoms with E-state index in [2.05, 4.69) is 47.0 Å². The van der Waals surface area contributed by atoms with Gasteiger partial charge in [-0.15, -0.1) is 12.4 Å². The van der Waals surface area contributed by atoms with Crippen molar-refractivity contribution in [1.29, 1.82) is 0 Å². The van der Waals surface area contributed by atoms with Crippen LogP contribution in [0.5, 0.6) is 0 Å². The highest BCUT2D eigenvalue weighted by Crippen LogP contribution is 2.44. The number of amides is 1. The molecule has 5 heteroatoms. The van der Waals surface area contributed by atoms with Crippen molar-refractivity contribution in [3.8, 4) is 11.1 Å². The van der Waals surface area contributed by atoms with Crippen molar-refractivity contribution in [1.82, 2.24) is 10.6 Å². The van der Waals surface area contributed by atoms with Crippen LogP contribution in [0.4, 0.5) is 4.79 Å². The van der Waals surface area contributed by atoms with Crippen molar-refractivity contribution in [2.24, 2.45) is 5.92 Å². The molecule has 2 aromatic rings.